The lowest BCUT2D eigenvalue weighted by Crippen LogP contribution is -2.43. The van der Waals surface area contributed by atoms with E-state index in [2.05, 4.69) is 0 Å². The van der Waals surface area contributed by atoms with Gasteiger partial charge in [-0.2, -0.15) is 0 Å². The Morgan fingerprint density at radius 1 is 1.47 bits per heavy atom. The topological polar surface area (TPSA) is 43.1 Å². The highest BCUT2D eigenvalue weighted by molar-refractivity contribution is 6.30. The lowest BCUT2D eigenvalue weighted by Gasteiger charge is -2.25. The van der Waals surface area contributed by atoms with Crippen LogP contribution in [0.15, 0.2) is 18.2 Å². The summed E-state index contributed by atoms with van der Waals surface area (Å²) in [4.78, 5) is 11.9. The molecule has 1 unspecified atom stereocenters. The number of benzene rings is 1. The molecule has 1 aromatic rings. The zero-order chi connectivity index (χ0) is 13.2. The van der Waals surface area contributed by atoms with Crippen LogP contribution in [0.25, 0.3) is 0 Å². The fourth-order valence-electron chi connectivity index (χ4n) is 1.45. The van der Waals surface area contributed by atoms with E-state index < -0.39 is 11.9 Å². The molecule has 0 heterocycles. The standard InChI is InChI=1S/C13H17ClFNO/c1-13(2,3)12(16)11(17)6-8-4-5-9(14)7-10(8)15/h4-5,7,12H,6,16H2,1-3H3. The smallest absolute Gasteiger partial charge is 0.154 e. The summed E-state index contributed by atoms with van der Waals surface area (Å²) in [6.45, 7) is 5.65. The van der Waals surface area contributed by atoms with Crippen molar-refractivity contribution in [1.82, 2.24) is 0 Å². The van der Waals surface area contributed by atoms with E-state index in [9.17, 15) is 9.18 Å². The summed E-state index contributed by atoms with van der Waals surface area (Å²) in [5.74, 6) is -0.634. The Kier molecular flexibility index (Phi) is 4.28. The van der Waals surface area contributed by atoms with Crippen molar-refractivity contribution in [2.75, 3.05) is 0 Å². The van der Waals surface area contributed by atoms with E-state index in [-0.39, 0.29) is 17.6 Å². The third kappa shape index (κ3) is 3.79. The minimum Gasteiger partial charge on any atom is -0.321 e. The van der Waals surface area contributed by atoms with Gasteiger partial charge in [0.2, 0.25) is 0 Å². The Labute approximate surface area is 106 Å². The van der Waals surface area contributed by atoms with E-state index in [0.717, 1.165) is 0 Å². The Morgan fingerprint density at radius 3 is 2.53 bits per heavy atom. The normalized spacial score (nSPS) is 13.5. The first-order valence-corrected chi connectivity index (χ1v) is 5.82. The van der Waals surface area contributed by atoms with Crippen LogP contribution in [0.4, 0.5) is 4.39 Å². The third-order valence-corrected chi connectivity index (χ3v) is 2.89. The molecule has 1 aromatic carbocycles. The maximum absolute atomic E-state index is 13.5. The largest absolute Gasteiger partial charge is 0.321 e. The van der Waals surface area contributed by atoms with Crippen molar-refractivity contribution in [2.24, 2.45) is 11.1 Å². The monoisotopic (exact) mass is 257 g/mol. The average molecular weight is 258 g/mol. The van der Waals surface area contributed by atoms with Crippen LogP contribution < -0.4 is 5.73 Å². The number of rotatable bonds is 3. The van der Waals surface area contributed by atoms with Crippen LogP contribution in [0.1, 0.15) is 26.3 Å². The maximum atomic E-state index is 13.5. The molecule has 0 saturated carbocycles. The van der Waals surface area contributed by atoms with Gasteiger partial charge in [0.15, 0.2) is 5.78 Å². The zero-order valence-corrected chi connectivity index (χ0v) is 11.0. The molecule has 2 nitrogen and oxygen atoms in total. The highest BCUT2D eigenvalue weighted by Gasteiger charge is 2.27. The predicted molar refractivity (Wildman–Crippen MR) is 67.6 cm³/mol. The first-order chi connectivity index (χ1) is 7.71. The first-order valence-electron chi connectivity index (χ1n) is 5.44. The van der Waals surface area contributed by atoms with Crippen LogP contribution in [0.5, 0.6) is 0 Å². The molecule has 0 spiro atoms. The minimum absolute atomic E-state index is 0.00143. The Bertz CT molecular complexity index is 426. The van der Waals surface area contributed by atoms with Crippen molar-refractivity contribution in [3.8, 4) is 0 Å². The fourth-order valence-corrected chi connectivity index (χ4v) is 1.60. The van der Waals surface area contributed by atoms with Crippen molar-refractivity contribution < 1.29 is 9.18 Å². The third-order valence-electron chi connectivity index (χ3n) is 2.66. The number of Topliss-reactive ketones (excluding diaryl/α,β-unsaturated/α-hetero) is 1. The molecule has 0 amide bonds. The summed E-state index contributed by atoms with van der Waals surface area (Å²) >= 11 is 5.64. The van der Waals surface area contributed by atoms with E-state index in [1.807, 2.05) is 20.8 Å². The van der Waals surface area contributed by atoms with Gasteiger partial charge in [-0.25, -0.2) is 4.39 Å². The van der Waals surface area contributed by atoms with Crippen molar-refractivity contribution in [2.45, 2.75) is 33.2 Å². The van der Waals surface area contributed by atoms with Gasteiger partial charge in [0, 0.05) is 11.4 Å². The molecule has 1 rings (SSSR count). The fraction of sp³-hybridized carbons (Fsp3) is 0.462. The van der Waals surface area contributed by atoms with Gasteiger partial charge in [0.05, 0.1) is 6.04 Å². The number of hydrogen-bond donors (Lipinski definition) is 1. The zero-order valence-electron chi connectivity index (χ0n) is 10.3. The number of hydrogen-bond acceptors (Lipinski definition) is 2. The minimum atomic E-state index is -0.599. The summed E-state index contributed by atoms with van der Waals surface area (Å²) < 4.78 is 13.5. The summed E-state index contributed by atoms with van der Waals surface area (Å²) in [5, 5.41) is 0.318. The first kappa shape index (κ1) is 14.1. The van der Waals surface area contributed by atoms with Gasteiger partial charge in [0.25, 0.3) is 0 Å². The second-order valence-electron chi connectivity index (χ2n) is 5.22. The van der Waals surface area contributed by atoms with Crippen molar-refractivity contribution in [3.63, 3.8) is 0 Å². The van der Waals surface area contributed by atoms with Gasteiger partial charge in [-0.3, -0.25) is 4.79 Å². The van der Waals surface area contributed by atoms with Crippen LogP contribution in [0, 0.1) is 11.2 Å². The van der Waals surface area contributed by atoms with E-state index in [0.29, 0.717) is 10.6 Å². The van der Waals surface area contributed by atoms with Gasteiger partial charge in [-0.1, -0.05) is 38.4 Å². The molecule has 0 saturated heterocycles. The average Bonchev–Trinajstić information content (AvgIpc) is 2.19. The molecule has 0 radical (unpaired) electrons. The molecule has 0 aliphatic rings. The van der Waals surface area contributed by atoms with Gasteiger partial charge in [-0.05, 0) is 23.1 Å². The predicted octanol–water partition coefficient (Wildman–Crippen LogP) is 2.96. The molecule has 0 bridgehead atoms. The van der Waals surface area contributed by atoms with Gasteiger partial charge < -0.3 is 5.73 Å². The highest BCUT2D eigenvalue weighted by atomic mass is 35.5. The number of ketones is 1. The van der Waals surface area contributed by atoms with Crippen molar-refractivity contribution >= 4 is 17.4 Å². The molecule has 17 heavy (non-hydrogen) atoms. The maximum Gasteiger partial charge on any atom is 0.154 e. The van der Waals surface area contributed by atoms with E-state index in [1.165, 1.54) is 12.1 Å². The molecule has 0 aliphatic carbocycles. The van der Waals surface area contributed by atoms with Crippen LogP contribution >= 0.6 is 11.6 Å². The van der Waals surface area contributed by atoms with E-state index >= 15 is 0 Å². The van der Waals surface area contributed by atoms with Gasteiger partial charge in [0.1, 0.15) is 5.82 Å². The van der Waals surface area contributed by atoms with Crippen LogP contribution in [-0.4, -0.2) is 11.8 Å². The summed E-state index contributed by atoms with van der Waals surface area (Å²) in [7, 11) is 0. The SMILES string of the molecule is CC(C)(C)C(N)C(=O)Cc1ccc(Cl)cc1F. The second-order valence-corrected chi connectivity index (χ2v) is 5.66. The molecule has 0 fully saturated rings. The summed E-state index contributed by atoms with van der Waals surface area (Å²) in [6.07, 6.45) is 0.00143. The molecular formula is C13H17ClFNO. The molecule has 94 valence electrons. The highest BCUT2D eigenvalue weighted by Crippen LogP contribution is 2.21. The van der Waals surface area contributed by atoms with Crippen molar-refractivity contribution in [3.05, 3.63) is 34.6 Å². The summed E-state index contributed by atoms with van der Waals surface area (Å²) in [5.41, 5.74) is 5.84. The quantitative estimate of drug-likeness (QED) is 0.905. The Hall–Kier alpha value is -0.930. The number of nitrogens with two attached hydrogens (primary N) is 1. The second kappa shape index (κ2) is 5.15. The van der Waals surface area contributed by atoms with E-state index in [1.54, 1.807) is 6.07 Å². The van der Waals surface area contributed by atoms with Crippen LogP contribution in [0.3, 0.4) is 0 Å². The number of carbonyl (C=O) groups is 1. The van der Waals surface area contributed by atoms with Gasteiger partial charge in [-0.15, -0.1) is 0 Å². The Morgan fingerprint density at radius 2 is 2.06 bits per heavy atom. The summed E-state index contributed by atoms with van der Waals surface area (Å²) in [6, 6.07) is 3.69. The lowest BCUT2D eigenvalue weighted by atomic mass is 9.83. The molecule has 1 atom stereocenters. The van der Waals surface area contributed by atoms with Crippen LogP contribution in [0.2, 0.25) is 5.02 Å². The van der Waals surface area contributed by atoms with Crippen molar-refractivity contribution in [1.29, 1.82) is 0 Å². The van der Waals surface area contributed by atoms with Crippen LogP contribution in [-0.2, 0) is 11.2 Å². The number of halogens is 2. The molecular weight excluding hydrogens is 241 g/mol. The molecule has 2 N–H and O–H groups in total. The van der Waals surface area contributed by atoms with E-state index in [4.69, 9.17) is 17.3 Å². The Balaban J connectivity index is 2.82. The van der Waals surface area contributed by atoms with Gasteiger partial charge >= 0.3 is 0 Å². The molecule has 0 aliphatic heterocycles. The molecule has 0 aromatic heterocycles. The lowest BCUT2D eigenvalue weighted by molar-refractivity contribution is -0.121. The molecule has 4 heteroatoms. The number of carbonyl (C=O) groups excluding carboxylic acids is 1.